The molecule has 0 unspecified atom stereocenters. The maximum absolute atomic E-state index is 11.4. The second kappa shape index (κ2) is 7.73. The molecule has 146 valence electrons. The first kappa shape index (κ1) is 19.4. The molecule has 8 nitrogen and oxygen atoms in total. The second-order valence-corrected chi connectivity index (χ2v) is 6.05. The summed E-state index contributed by atoms with van der Waals surface area (Å²) >= 11 is 0. The Labute approximate surface area is 163 Å². The molecule has 0 spiro atoms. The average molecular weight is 393 g/mol. The van der Waals surface area contributed by atoms with Gasteiger partial charge >= 0.3 is 11.9 Å². The van der Waals surface area contributed by atoms with Crippen molar-refractivity contribution in [2.75, 3.05) is 0 Å². The SMILES string of the molecule is O=C(O)/C=C/c1cc(C(=O)O)c(O)c2nc(/C=C/c3ccc(O)c(O)c3)ccc12. The Balaban J connectivity index is 2.11. The van der Waals surface area contributed by atoms with Crippen molar-refractivity contribution in [1.29, 1.82) is 0 Å². The summed E-state index contributed by atoms with van der Waals surface area (Å²) in [5.41, 5.74) is 0.848. The number of rotatable bonds is 5. The number of aliphatic carboxylic acids is 1. The summed E-state index contributed by atoms with van der Waals surface area (Å²) < 4.78 is 0. The number of hydrogen-bond acceptors (Lipinski definition) is 6. The van der Waals surface area contributed by atoms with Crippen LogP contribution in [0, 0.1) is 0 Å². The minimum atomic E-state index is -1.38. The van der Waals surface area contributed by atoms with Gasteiger partial charge in [0.2, 0.25) is 0 Å². The first-order valence-corrected chi connectivity index (χ1v) is 8.27. The normalized spacial score (nSPS) is 11.4. The molecule has 1 heterocycles. The number of aromatic nitrogens is 1. The van der Waals surface area contributed by atoms with Gasteiger partial charge in [0, 0.05) is 11.5 Å². The Morgan fingerprint density at radius 2 is 1.62 bits per heavy atom. The molecule has 0 atom stereocenters. The van der Waals surface area contributed by atoms with E-state index in [0.29, 0.717) is 16.6 Å². The van der Waals surface area contributed by atoms with Gasteiger partial charge < -0.3 is 25.5 Å². The summed E-state index contributed by atoms with van der Waals surface area (Å²) in [5, 5.41) is 47.7. The Bertz CT molecular complexity index is 1200. The zero-order valence-electron chi connectivity index (χ0n) is 14.8. The minimum absolute atomic E-state index is 0.00522. The summed E-state index contributed by atoms with van der Waals surface area (Å²) in [6.45, 7) is 0. The number of aromatic carboxylic acids is 1. The Morgan fingerprint density at radius 3 is 2.28 bits per heavy atom. The zero-order valence-corrected chi connectivity index (χ0v) is 14.8. The van der Waals surface area contributed by atoms with Crippen LogP contribution in [0.25, 0.3) is 29.1 Å². The number of benzene rings is 2. The molecule has 0 aliphatic carbocycles. The molecule has 3 aromatic rings. The van der Waals surface area contributed by atoms with Crippen LogP contribution < -0.4 is 0 Å². The molecule has 0 bridgehead atoms. The number of phenols is 3. The van der Waals surface area contributed by atoms with E-state index in [1.54, 1.807) is 30.4 Å². The number of carboxylic acid groups (broad SMARTS) is 2. The van der Waals surface area contributed by atoms with E-state index in [2.05, 4.69) is 4.98 Å². The van der Waals surface area contributed by atoms with Crippen molar-refractivity contribution in [3.63, 3.8) is 0 Å². The maximum atomic E-state index is 11.4. The number of carboxylic acids is 2. The van der Waals surface area contributed by atoms with Crippen LogP contribution in [-0.2, 0) is 4.79 Å². The van der Waals surface area contributed by atoms with Crippen LogP contribution in [0.15, 0.2) is 42.5 Å². The Morgan fingerprint density at radius 1 is 0.862 bits per heavy atom. The van der Waals surface area contributed by atoms with Crippen LogP contribution in [0.2, 0.25) is 0 Å². The highest BCUT2D eigenvalue weighted by molar-refractivity contribution is 6.03. The summed E-state index contributed by atoms with van der Waals surface area (Å²) in [6.07, 6.45) is 5.27. The summed E-state index contributed by atoms with van der Waals surface area (Å²) in [7, 11) is 0. The molecule has 0 amide bonds. The predicted octanol–water partition coefficient (Wildman–Crippen LogP) is 3.32. The molecule has 0 fully saturated rings. The van der Waals surface area contributed by atoms with E-state index in [4.69, 9.17) is 5.11 Å². The van der Waals surface area contributed by atoms with Crippen molar-refractivity contribution in [3.05, 3.63) is 64.9 Å². The third-order valence-corrected chi connectivity index (χ3v) is 4.09. The van der Waals surface area contributed by atoms with Crippen molar-refractivity contribution in [1.82, 2.24) is 4.98 Å². The van der Waals surface area contributed by atoms with Gasteiger partial charge in [-0.2, -0.15) is 0 Å². The third kappa shape index (κ3) is 4.16. The topological polar surface area (TPSA) is 148 Å². The fourth-order valence-corrected chi connectivity index (χ4v) is 2.70. The van der Waals surface area contributed by atoms with Gasteiger partial charge in [-0.3, -0.25) is 0 Å². The summed E-state index contributed by atoms with van der Waals surface area (Å²) in [4.78, 5) is 26.5. The fourth-order valence-electron chi connectivity index (χ4n) is 2.70. The van der Waals surface area contributed by atoms with Gasteiger partial charge in [0.1, 0.15) is 11.1 Å². The first-order valence-electron chi connectivity index (χ1n) is 8.27. The van der Waals surface area contributed by atoms with E-state index in [0.717, 1.165) is 6.08 Å². The van der Waals surface area contributed by atoms with E-state index in [-0.39, 0.29) is 22.6 Å². The van der Waals surface area contributed by atoms with Crippen LogP contribution >= 0.6 is 0 Å². The van der Waals surface area contributed by atoms with Crippen molar-refractivity contribution in [2.24, 2.45) is 0 Å². The lowest BCUT2D eigenvalue weighted by Gasteiger charge is -2.09. The van der Waals surface area contributed by atoms with Crippen LogP contribution in [0.3, 0.4) is 0 Å². The molecule has 0 saturated carbocycles. The predicted molar refractivity (Wildman–Crippen MR) is 106 cm³/mol. The Hall–Kier alpha value is -4.33. The van der Waals surface area contributed by atoms with Gasteiger partial charge in [-0.05, 0) is 53.6 Å². The van der Waals surface area contributed by atoms with Gasteiger partial charge in [0.05, 0.1) is 5.69 Å². The number of carbonyl (C=O) groups is 2. The standard InChI is InChI=1S/C21H15NO7/c23-16-7-2-11(9-17(16)24)1-4-13-5-6-14-12(3-8-18(25)26)10-15(21(28)29)20(27)19(14)22-13/h1-10,23-24,27H,(H,25,26)(H,28,29)/b4-1+,8-3+. The van der Waals surface area contributed by atoms with Crippen molar-refractivity contribution < 1.29 is 35.1 Å². The lowest BCUT2D eigenvalue weighted by atomic mass is 10.0. The van der Waals surface area contributed by atoms with Gasteiger partial charge in [-0.1, -0.05) is 12.1 Å². The highest BCUT2D eigenvalue weighted by Gasteiger charge is 2.17. The number of nitrogens with zero attached hydrogens (tertiary/aromatic N) is 1. The fraction of sp³-hybridized carbons (Fsp3) is 0. The number of aromatic hydroxyl groups is 3. The molecule has 5 N–H and O–H groups in total. The van der Waals surface area contributed by atoms with Gasteiger partial charge in [0.25, 0.3) is 0 Å². The minimum Gasteiger partial charge on any atom is -0.505 e. The number of fused-ring (bicyclic) bond motifs is 1. The van der Waals surface area contributed by atoms with E-state index < -0.39 is 23.3 Å². The summed E-state index contributed by atoms with van der Waals surface area (Å²) in [6, 6.07) is 8.62. The lowest BCUT2D eigenvalue weighted by Crippen LogP contribution is -2.00. The largest absolute Gasteiger partial charge is 0.505 e. The molecule has 0 aliphatic rings. The monoisotopic (exact) mass is 393 g/mol. The molecule has 0 aliphatic heterocycles. The highest BCUT2D eigenvalue weighted by atomic mass is 16.4. The van der Waals surface area contributed by atoms with E-state index in [1.807, 2.05) is 0 Å². The molecule has 0 saturated heterocycles. The van der Waals surface area contributed by atoms with Gasteiger partial charge in [-0.25, -0.2) is 14.6 Å². The van der Waals surface area contributed by atoms with Crippen LogP contribution in [0.5, 0.6) is 17.2 Å². The maximum Gasteiger partial charge on any atom is 0.339 e. The molecule has 29 heavy (non-hydrogen) atoms. The number of hydrogen-bond donors (Lipinski definition) is 5. The molecular formula is C21H15NO7. The second-order valence-electron chi connectivity index (χ2n) is 6.05. The van der Waals surface area contributed by atoms with E-state index in [1.165, 1.54) is 24.3 Å². The summed E-state index contributed by atoms with van der Waals surface area (Å²) in [5.74, 6) is -3.64. The number of pyridine rings is 1. The molecule has 3 rings (SSSR count). The molecule has 1 aromatic heterocycles. The number of phenolic OH excluding ortho intramolecular Hbond substituents is 2. The first-order chi connectivity index (χ1) is 13.8. The molecule has 8 heteroatoms. The third-order valence-electron chi connectivity index (χ3n) is 4.09. The quantitative estimate of drug-likeness (QED) is 0.327. The van der Waals surface area contributed by atoms with Crippen LogP contribution in [-0.4, -0.2) is 42.5 Å². The van der Waals surface area contributed by atoms with E-state index >= 15 is 0 Å². The van der Waals surface area contributed by atoms with Crippen molar-refractivity contribution >= 4 is 41.1 Å². The molecular weight excluding hydrogens is 378 g/mol. The van der Waals surface area contributed by atoms with Crippen molar-refractivity contribution in [2.45, 2.75) is 0 Å². The van der Waals surface area contributed by atoms with Gasteiger partial charge in [0.15, 0.2) is 17.2 Å². The highest BCUT2D eigenvalue weighted by Crippen LogP contribution is 2.32. The van der Waals surface area contributed by atoms with Crippen LogP contribution in [0.4, 0.5) is 0 Å². The van der Waals surface area contributed by atoms with E-state index in [9.17, 15) is 30.0 Å². The average Bonchev–Trinajstić information content (AvgIpc) is 2.68. The molecule has 2 aromatic carbocycles. The van der Waals surface area contributed by atoms with Gasteiger partial charge in [-0.15, -0.1) is 0 Å². The Kier molecular flexibility index (Phi) is 5.18. The van der Waals surface area contributed by atoms with Crippen molar-refractivity contribution in [3.8, 4) is 17.2 Å². The smallest absolute Gasteiger partial charge is 0.339 e. The lowest BCUT2D eigenvalue weighted by molar-refractivity contribution is -0.131. The zero-order chi connectivity index (χ0) is 21.1. The molecule has 0 radical (unpaired) electrons. The van der Waals surface area contributed by atoms with Crippen LogP contribution in [0.1, 0.15) is 27.2 Å².